The Balaban J connectivity index is 0.000000212. The van der Waals surface area contributed by atoms with Gasteiger partial charge < -0.3 is 10.6 Å². The zero-order valence-corrected chi connectivity index (χ0v) is 29.4. The number of urea groups is 2. The first-order chi connectivity index (χ1) is 25.7. The lowest BCUT2D eigenvalue weighted by Gasteiger charge is -2.14. The van der Waals surface area contributed by atoms with Gasteiger partial charge in [-0.05, 0) is 83.9 Å². The summed E-state index contributed by atoms with van der Waals surface area (Å²) in [6.07, 6.45) is -13.3. The summed E-state index contributed by atoms with van der Waals surface area (Å²) in [4.78, 5) is 24.7. The maximum Gasteiger partial charge on any atom is 0.416 e. The van der Waals surface area contributed by atoms with Gasteiger partial charge in [0.05, 0.1) is 41.2 Å². The molecule has 2 unspecified atom stereocenters. The molecule has 0 saturated heterocycles. The normalized spacial score (nSPS) is 17.2. The topological polar surface area (TPSA) is 89.4 Å². The molecule has 2 aliphatic rings. The van der Waals surface area contributed by atoms with E-state index in [0.717, 1.165) is 64.8 Å². The molecule has 0 saturated carbocycles. The molecule has 4 aromatic carbocycles. The second-order valence-electron chi connectivity index (χ2n) is 12.5. The fourth-order valence-corrected chi connectivity index (χ4v) is 5.61. The van der Waals surface area contributed by atoms with Gasteiger partial charge in [0.25, 0.3) is 0 Å². The zero-order valence-electron chi connectivity index (χ0n) is 28.7. The number of hydrogen-bond acceptors (Lipinski definition) is 4. The van der Waals surface area contributed by atoms with Gasteiger partial charge in [-0.15, -0.1) is 0 Å². The summed E-state index contributed by atoms with van der Waals surface area (Å²) in [7, 11) is 0. The minimum absolute atomic E-state index is 0.0227. The first kappa shape index (κ1) is 40.6. The third kappa shape index (κ3) is 10.3. The molecule has 2 atom stereocenters. The first-order valence-corrected chi connectivity index (χ1v) is 16.7. The molecular formula is C37H30ClF9N6O2. The van der Waals surface area contributed by atoms with E-state index in [9.17, 15) is 49.1 Å². The van der Waals surface area contributed by atoms with Crippen LogP contribution in [-0.2, 0) is 18.5 Å². The van der Waals surface area contributed by atoms with E-state index in [2.05, 4.69) is 20.8 Å². The third-order valence-corrected chi connectivity index (χ3v) is 8.58. The van der Waals surface area contributed by atoms with Crippen molar-refractivity contribution in [3.05, 3.63) is 130 Å². The van der Waals surface area contributed by atoms with Crippen molar-refractivity contribution in [1.29, 1.82) is 0 Å². The van der Waals surface area contributed by atoms with E-state index < -0.39 is 47.3 Å². The number of carbonyl (C=O) groups excluding carboxylic acids is 2. The summed E-state index contributed by atoms with van der Waals surface area (Å²) in [6, 6.07) is 18.7. The van der Waals surface area contributed by atoms with E-state index in [0.29, 0.717) is 22.8 Å². The molecule has 55 heavy (non-hydrogen) atoms. The Morgan fingerprint density at radius 3 is 1.15 bits per heavy atom. The molecule has 6 rings (SSSR count). The van der Waals surface area contributed by atoms with Gasteiger partial charge in [-0.2, -0.15) is 49.7 Å². The van der Waals surface area contributed by atoms with E-state index >= 15 is 0 Å². The van der Waals surface area contributed by atoms with E-state index in [1.54, 1.807) is 19.1 Å². The standard InChI is InChI=1S/C19H15F6N3O.C18H15ClF3N3O/c1-11-10-28(17(29)26-15-8-6-14(7-9-15)19(23,24)25)27-16(11)12-2-4-13(5-3-12)18(20,21)22;1-11-10-25(24-16(11)12-2-6-14(19)7-3-12)17(26)23-15-8-4-13(5-9-15)18(20,21)22/h2-9,11H,10H2,1H3,(H,26,29);2-9,11H,10H2,1H3,(H,23,26). The molecular weight excluding hydrogens is 767 g/mol. The molecule has 4 amide bonds. The highest BCUT2D eigenvalue weighted by atomic mass is 35.5. The lowest BCUT2D eigenvalue weighted by atomic mass is 9.98. The molecule has 0 spiro atoms. The molecule has 290 valence electrons. The van der Waals surface area contributed by atoms with Crippen LogP contribution in [0.2, 0.25) is 5.02 Å². The SMILES string of the molecule is CC1CN(C(=O)Nc2ccc(C(F)(F)F)cc2)N=C1c1ccc(C(F)(F)F)cc1.CC1CN(C(=O)Nc2ccc(C(F)(F)F)cc2)N=C1c1ccc(Cl)cc1. The zero-order chi connectivity index (χ0) is 40.3. The number of carbonyl (C=O) groups is 2. The Morgan fingerprint density at radius 1 is 0.545 bits per heavy atom. The molecule has 0 fully saturated rings. The van der Waals surface area contributed by atoms with Gasteiger partial charge in [-0.25, -0.2) is 19.6 Å². The van der Waals surface area contributed by atoms with Crippen molar-refractivity contribution < 1.29 is 49.1 Å². The number of hydrogen-bond donors (Lipinski definition) is 2. The van der Waals surface area contributed by atoms with Gasteiger partial charge in [0.2, 0.25) is 0 Å². The van der Waals surface area contributed by atoms with Gasteiger partial charge in [0.1, 0.15) is 0 Å². The van der Waals surface area contributed by atoms with Crippen molar-refractivity contribution in [2.45, 2.75) is 32.4 Å². The summed E-state index contributed by atoms with van der Waals surface area (Å²) in [5, 5.41) is 16.5. The fourth-order valence-electron chi connectivity index (χ4n) is 5.48. The van der Waals surface area contributed by atoms with Crippen LogP contribution in [0.15, 0.2) is 107 Å². The lowest BCUT2D eigenvalue weighted by Crippen LogP contribution is -2.30. The van der Waals surface area contributed by atoms with E-state index in [1.165, 1.54) is 29.3 Å². The van der Waals surface area contributed by atoms with Crippen LogP contribution >= 0.6 is 11.6 Å². The summed E-state index contributed by atoms with van der Waals surface area (Å²) >= 11 is 5.88. The average molecular weight is 797 g/mol. The summed E-state index contributed by atoms with van der Waals surface area (Å²) in [5.41, 5.74) is 0.554. The van der Waals surface area contributed by atoms with E-state index in [-0.39, 0.29) is 29.8 Å². The highest BCUT2D eigenvalue weighted by Crippen LogP contribution is 2.32. The van der Waals surface area contributed by atoms with Gasteiger partial charge in [-0.3, -0.25) is 0 Å². The molecule has 0 radical (unpaired) electrons. The number of hydrazone groups is 2. The highest BCUT2D eigenvalue weighted by molar-refractivity contribution is 6.30. The maximum atomic E-state index is 12.7. The van der Waals surface area contributed by atoms with Crippen molar-refractivity contribution >= 4 is 46.5 Å². The van der Waals surface area contributed by atoms with Crippen LogP contribution < -0.4 is 10.6 Å². The van der Waals surface area contributed by atoms with E-state index in [4.69, 9.17) is 11.6 Å². The molecule has 0 aliphatic carbocycles. The van der Waals surface area contributed by atoms with Crippen LogP contribution in [0.5, 0.6) is 0 Å². The second-order valence-corrected chi connectivity index (χ2v) is 13.0. The van der Waals surface area contributed by atoms with Crippen LogP contribution in [0.1, 0.15) is 41.7 Å². The van der Waals surface area contributed by atoms with Gasteiger partial charge in [0.15, 0.2) is 0 Å². The van der Waals surface area contributed by atoms with E-state index in [1.807, 2.05) is 19.1 Å². The Morgan fingerprint density at radius 2 is 0.836 bits per heavy atom. The number of nitrogens with zero attached hydrogens (tertiary/aromatic N) is 4. The first-order valence-electron chi connectivity index (χ1n) is 16.3. The Kier molecular flexibility index (Phi) is 11.8. The number of nitrogens with one attached hydrogen (secondary N) is 2. The molecule has 8 nitrogen and oxygen atoms in total. The fraction of sp³-hybridized carbons (Fsp3) is 0.243. The minimum Gasteiger partial charge on any atom is -0.306 e. The molecule has 0 bridgehead atoms. The number of rotatable bonds is 4. The Bertz CT molecular complexity index is 2050. The number of amides is 4. The van der Waals surface area contributed by atoms with Gasteiger partial charge in [-0.1, -0.05) is 49.7 Å². The van der Waals surface area contributed by atoms with Crippen LogP contribution in [-0.4, -0.2) is 46.6 Å². The average Bonchev–Trinajstić information content (AvgIpc) is 3.71. The van der Waals surface area contributed by atoms with Crippen LogP contribution in [0.25, 0.3) is 0 Å². The lowest BCUT2D eigenvalue weighted by molar-refractivity contribution is -0.138. The summed E-state index contributed by atoms with van der Waals surface area (Å²) < 4.78 is 114. The van der Waals surface area contributed by atoms with Crippen LogP contribution in [0.3, 0.4) is 0 Å². The number of alkyl halides is 9. The smallest absolute Gasteiger partial charge is 0.306 e. The van der Waals surface area contributed by atoms with Crippen LogP contribution in [0, 0.1) is 11.8 Å². The highest BCUT2D eigenvalue weighted by Gasteiger charge is 2.34. The van der Waals surface area contributed by atoms with Crippen molar-refractivity contribution in [2.24, 2.45) is 22.0 Å². The minimum atomic E-state index is -4.48. The largest absolute Gasteiger partial charge is 0.416 e. The molecule has 0 aromatic heterocycles. The Labute approximate surface area is 313 Å². The Hall–Kier alpha value is -5.58. The molecule has 2 heterocycles. The molecule has 18 heteroatoms. The number of halogens is 10. The monoisotopic (exact) mass is 796 g/mol. The maximum absolute atomic E-state index is 12.7. The summed E-state index contributed by atoms with van der Waals surface area (Å²) in [5.74, 6) is -0.209. The molecule has 2 aliphatic heterocycles. The van der Waals surface area contributed by atoms with Crippen molar-refractivity contribution in [3.8, 4) is 0 Å². The van der Waals surface area contributed by atoms with Gasteiger partial charge >= 0.3 is 30.6 Å². The number of benzene rings is 4. The van der Waals surface area contributed by atoms with Crippen molar-refractivity contribution in [2.75, 3.05) is 23.7 Å². The quantitative estimate of drug-likeness (QED) is 0.201. The number of anilines is 2. The van der Waals surface area contributed by atoms with Gasteiger partial charge in [0, 0.05) is 28.2 Å². The molecule has 4 aromatic rings. The summed E-state index contributed by atoms with van der Waals surface area (Å²) in [6.45, 7) is 4.27. The van der Waals surface area contributed by atoms with Crippen LogP contribution in [0.4, 0.5) is 60.5 Å². The van der Waals surface area contributed by atoms with Crippen molar-refractivity contribution in [3.63, 3.8) is 0 Å². The third-order valence-electron chi connectivity index (χ3n) is 8.33. The van der Waals surface area contributed by atoms with Crippen molar-refractivity contribution in [1.82, 2.24) is 10.0 Å². The predicted octanol–water partition coefficient (Wildman–Crippen LogP) is 10.9. The predicted molar refractivity (Wildman–Crippen MR) is 189 cm³/mol. The molecule has 2 N–H and O–H groups in total. The second kappa shape index (κ2) is 16.0.